The van der Waals surface area contributed by atoms with Crippen molar-refractivity contribution in [1.29, 1.82) is 0 Å². The van der Waals surface area contributed by atoms with Gasteiger partial charge in [0.15, 0.2) is 6.04 Å². The number of rotatable bonds is 36. The molecule has 0 aliphatic heterocycles. The highest BCUT2D eigenvalue weighted by atomic mass is 32.2. The van der Waals surface area contributed by atoms with Crippen molar-refractivity contribution in [1.82, 2.24) is 47.5 Å². The van der Waals surface area contributed by atoms with E-state index in [1.807, 2.05) is 5.32 Å². The van der Waals surface area contributed by atoms with Crippen LogP contribution >= 0.6 is 11.8 Å². The van der Waals surface area contributed by atoms with Gasteiger partial charge in [0.2, 0.25) is 59.1 Å². The molecule has 0 saturated carbocycles. The van der Waals surface area contributed by atoms with E-state index in [-0.39, 0.29) is 43.6 Å². The summed E-state index contributed by atoms with van der Waals surface area (Å²) < 4.78 is 0. The molecule has 0 fully saturated rings. The van der Waals surface area contributed by atoms with Crippen LogP contribution in [-0.4, -0.2) is 181 Å². The Kier molecular flexibility index (Phi) is 27.2. The highest BCUT2D eigenvalue weighted by Gasteiger charge is 2.36. The summed E-state index contributed by atoms with van der Waals surface area (Å²) >= 11 is 1.29. The molecule has 3 aromatic carbocycles. The Morgan fingerprint density at radius 2 is 0.988 bits per heavy atom. The molecule has 0 spiro atoms. The number of aliphatic hydroxyl groups excluding tert-OH is 2. The van der Waals surface area contributed by atoms with Gasteiger partial charge in [-0.2, -0.15) is 11.8 Å². The van der Waals surface area contributed by atoms with Gasteiger partial charge in [-0.15, -0.1) is 0 Å². The summed E-state index contributed by atoms with van der Waals surface area (Å²) in [5, 5.41) is 69.3. The molecule has 1 heterocycles. The van der Waals surface area contributed by atoms with Crippen LogP contribution in [0.2, 0.25) is 0 Å². The minimum atomic E-state index is -1.86. The van der Waals surface area contributed by atoms with E-state index in [2.05, 4.69) is 42.2 Å². The fraction of sp³-hybridized carbons (Fsp3) is 0.418. The fourth-order valence-corrected chi connectivity index (χ4v) is 8.99. The number of primary amides is 2. The van der Waals surface area contributed by atoms with Gasteiger partial charge in [-0.25, -0.2) is 4.79 Å². The van der Waals surface area contributed by atoms with Crippen molar-refractivity contribution in [2.24, 2.45) is 17.2 Å². The number of carbonyl (C=O) groups excluding carboxylic acids is 10. The SMILES string of the molecule is CSCC[C@H](NC(=O)[C@H](Cc1ccccc1)NC(=O)[C@H](CCC(N)=O)NC(=O)[C@@H](N)CC(N)=O)C(=O)N[C@@H](Cc1c[nH]c2ccccc12)C(=O)N[C@@H](CCC(=O)O)C(=O)N[C@@H](Cc1ccc(O)cc1)C(=O)N[C@@H](CO)C(=O)N[C@H](C(=O)O)[C@@H](C)O. The number of carbonyl (C=O) groups is 12. The van der Waals surface area contributed by atoms with Crippen molar-refractivity contribution >= 4 is 93.7 Å². The number of thioether (sulfide) groups is 1. The summed E-state index contributed by atoms with van der Waals surface area (Å²) in [6, 6.07) is 5.77. The highest BCUT2D eigenvalue weighted by Crippen LogP contribution is 2.20. The number of carboxylic acids is 2. The Morgan fingerprint density at radius 1 is 0.541 bits per heavy atom. The van der Waals surface area contributed by atoms with Gasteiger partial charge in [0.1, 0.15) is 48.0 Å². The lowest BCUT2D eigenvalue weighted by atomic mass is 10.0. The van der Waals surface area contributed by atoms with Crippen molar-refractivity contribution in [3.05, 3.63) is 102 Å². The minimum absolute atomic E-state index is 0.0746. The Balaban J connectivity index is 1.70. The first-order valence-electron chi connectivity index (χ1n) is 26.6. The molecule has 29 nitrogen and oxygen atoms in total. The lowest BCUT2D eigenvalue weighted by Gasteiger charge is -2.28. The summed E-state index contributed by atoms with van der Waals surface area (Å²) in [5.74, 6) is -13.2. The number of aromatic amines is 1. The fourth-order valence-electron chi connectivity index (χ4n) is 8.52. The van der Waals surface area contributed by atoms with Crippen molar-refractivity contribution in [2.45, 2.75) is 125 Å². The van der Waals surface area contributed by atoms with Crippen LogP contribution < -0.4 is 59.7 Å². The number of fused-ring (bicyclic) bond motifs is 1. The number of phenolic OH excluding ortho intramolecular Hbond substituents is 1. The van der Waals surface area contributed by atoms with E-state index >= 15 is 0 Å². The van der Waals surface area contributed by atoms with E-state index in [0.29, 0.717) is 27.6 Å². The number of para-hydroxylation sites is 1. The van der Waals surface area contributed by atoms with Crippen LogP contribution in [0, 0.1) is 0 Å². The van der Waals surface area contributed by atoms with Crippen LogP contribution in [0.25, 0.3) is 10.9 Å². The summed E-state index contributed by atoms with van der Waals surface area (Å²) in [6.45, 7) is -0.0293. The lowest BCUT2D eigenvalue weighted by Crippen LogP contribution is -2.61. The number of H-pyrrole nitrogens is 1. The summed E-state index contributed by atoms with van der Waals surface area (Å²) in [5.41, 5.74) is 18.3. The number of aromatic nitrogens is 1. The Hall–Kier alpha value is -9.13. The second-order valence-electron chi connectivity index (χ2n) is 19.8. The van der Waals surface area contributed by atoms with E-state index in [9.17, 15) is 83.1 Å². The van der Waals surface area contributed by atoms with Gasteiger partial charge in [0.05, 0.1) is 25.2 Å². The number of aliphatic hydroxyl groups is 2. The number of benzene rings is 3. The predicted molar refractivity (Wildman–Crippen MR) is 306 cm³/mol. The van der Waals surface area contributed by atoms with Crippen LogP contribution in [0.15, 0.2) is 85.1 Å². The van der Waals surface area contributed by atoms with Crippen molar-refractivity contribution in [3.8, 4) is 5.75 Å². The third-order valence-corrected chi connectivity index (χ3v) is 13.8. The third-order valence-electron chi connectivity index (χ3n) is 13.1. The van der Waals surface area contributed by atoms with Crippen LogP contribution in [0.5, 0.6) is 5.75 Å². The highest BCUT2D eigenvalue weighted by molar-refractivity contribution is 7.98. The zero-order chi connectivity index (χ0) is 62.9. The smallest absolute Gasteiger partial charge is 0.328 e. The lowest BCUT2D eigenvalue weighted by molar-refractivity contribution is -0.145. The third kappa shape index (κ3) is 22.5. The molecule has 0 bridgehead atoms. The summed E-state index contributed by atoms with van der Waals surface area (Å²) in [4.78, 5) is 163. The van der Waals surface area contributed by atoms with E-state index < -0.39 is 164 Å². The number of carboxylic acid groups (broad SMARTS) is 2. The van der Waals surface area contributed by atoms with Gasteiger partial charge in [-0.1, -0.05) is 60.7 Å². The molecule has 4 rings (SSSR count). The number of nitrogens with two attached hydrogens (primary N) is 3. The van der Waals surface area contributed by atoms with Crippen LogP contribution in [0.1, 0.15) is 62.1 Å². The van der Waals surface area contributed by atoms with Crippen molar-refractivity contribution < 1.29 is 83.1 Å². The standard InChI is InChI=1S/C55H72N12O17S/c1-28(69)46(55(83)84)67-54(82)42(27-68)66-52(80)40(23-30-12-14-32(70)15-13-30)64-49(77)37(17-19-45(73)74)61-53(81)41(24-31-26-59-35-11-7-6-10-33(31)35)65-50(78)38(20-21-85-2)62-51(79)39(22-29-8-4-3-5-9-29)63-48(76)36(16-18-43(57)71)60-47(75)34(56)25-44(58)72/h3-15,26,28,34,36-42,46,59,68-70H,16-25,27,56H2,1-2H3,(H2,57,71)(H2,58,72)(H,60,75)(H,61,81)(H,62,79)(H,63,76)(H,64,77)(H,65,78)(H,66,80)(H,67,82)(H,73,74)(H,83,84)/t28-,34+,36+,37+,38+,39+,40+,41+,42+,46+/m1/s1. The molecular formula is C55H72N12O17S. The second kappa shape index (κ2) is 33.8. The first-order valence-corrected chi connectivity index (χ1v) is 28.0. The largest absolute Gasteiger partial charge is 0.508 e. The molecule has 10 atom stereocenters. The zero-order valence-corrected chi connectivity index (χ0v) is 47.2. The molecule has 0 radical (unpaired) electrons. The van der Waals surface area contributed by atoms with Gasteiger partial charge in [0.25, 0.3) is 0 Å². The molecule has 85 heavy (non-hydrogen) atoms. The molecule has 30 heteroatoms. The normalized spacial score (nSPS) is 14.6. The Labute approximate surface area is 491 Å². The first kappa shape index (κ1) is 68.4. The number of phenols is 1. The molecule has 1 aromatic heterocycles. The molecule has 0 saturated heterocycles. The number of amides is 10. The number of hydrogen-bond donors (Lipinski definition) is 17. The second-order valence-corrected chi connectivity index (χ2v) is 20.8. The summed E-state index contributed by atoms with van der Waals surface area (Å²) in [7, 11) is 0. The Bertz CT molecular complexity index is 3000. The summed E-state index contributed by atoms with van der Waals surface area (Å²) in [6.07, 6.45) is -1.99. The molecule has 10 amide bonds. The minimum Gasteiger partial charge on any atom is -0.508 e. The predicted octanol–water partition coefficient (Wildman–Crippen LogP) is -3.68. The van der Waals surface area contributed by atoms with Crippen molar-refractivity contribution in [2.75, 3.05) is 18.6 Å². The van der Waals surface area contributed by atoms with Gasteiger partial charge >= 0.3 is 11.9 Å². The molecule has 0 aliphatic rings. The molecule has 20 N–H and O–H groups in total. The molecule has 460 valence electrons. The maximum atomic E-state index is 14.8. The molecule has 4 aromatic rings. The first-order chi connectivity index (χ1) is 40.3. The molecule has 0 aliphatic carbocycles. The van der Waals surface area contributed by atoms with E-state index in [4.69, 9.17) is 17.2 Å². The van der Waals surface area contributed by atoms with Crippen molar-refractivity contribution in [3.63, 3.8) is 0 Å². The molecule has 0 unspecified atom stereocenters. The van der Waals surface area contributed by atoms with Gasteiger partial charge in [0, 0.05) is 49.2 Å². The maximum absolute atomic E-state index is 14.8. The number of nitrogens with one attached hydrogen (secondary N) is 9. The monoisotopic (exact) mass is 1200 g/mol. The number of hydrogen-bond acceptors (Lipinski definition) is 17. The zero-order valence-electron chi connectivity index (χ0n) is 46.4. The van der Waals surface area contributed by atoms with E-state index in [0.717, 1.165) is 6.92 Å². The van der Waals surface area contributed by atoms with Crippen LogP contribution in [0.3, 0.4) is 0 Å². The number of aromatic hydroxyl groups is 1. The maximum Gasteiger partial charge on any atom is 0.328 e. The van der Waals surface area contributed by atoms with Crippen LogP contribution in [0.4, 0.5) is 0 Å². The van der Waals surface area contributed by atoms with E-state index in [1.165, 1.54) is 36.0 Å². The topological polar surface area (TPSA) is 496 Å². The van der Waals surface area contributed by atoms with Gasteiger partial charge in [-0.3, -0.25) is 52.7 Å². The van der Waals surface area contributed by atoms with Gasteiger partial charge in [-0.05, 0) is 73.1 Å². The average Bonchev–Trinajstić information content (AvgIpc) is 4.02. The Morgan fingerprint density at radius 3 is 1.48 bits per heavy atom. The van der Waals surface area contributed by atoms with Crippen LogP contribution in [-0.2, 0) is 76.8 Å². The quantitative estimate of drug-likeness (QED) is 0.0209. The average molecular weight is 1210 g/mol. The van der Waals surface area contributed by atoms with E-state index in [1.54, 1.807) is 67.0 Å². The number of aliphatic carboxylic acids is 2. The van der Waals surface area contributed by atoms with Gasteiger partial charge < -0.3 is 90.3 Å². The molecular weight excluding hydrogens is 1130 g/mol.